The number of hydrogen-bond acceptors (Lipinski definition) is 3. The number of thiazole rings is 1. The first-order valence-corrected chi connectivity index (χ1v) is 6.86. The Morgan fingerprint density at radius 3 is 2.61 bits per heavy atom. The van der Waals surface area contributed by atoms with E-state index in [4.69, 9.17) is 0 Å². The third kappa shape index (κ3) is 3.17. The maximum Gasteiger partial charge on any atom is 0.271 e. The summed E-state index contributed by atoms with van der Waals surface area (Å²) in [6.45, 7) is 4.87. The van der Waals surface area contributed by atoms with Gasteiger partial charge in [0.05, 0.1) is 5.51 Å². The summed E-state index contributed by atoms with van der Waals surface area (Å²) in [5.41, 5.74) is 4.55. The van der Waals surface area contributed by atoms with Gasteiger partial charge in [-0.25, -0.2) is 4.98 Å². The van der Waals surface area contributed by atoms with Crippen LogP contribution in [0.15, 0.2) is 35.2 Å². The van der Waals surface area contributed by atoms with Gasteiger partial charge >= 0.3 is 0 Å². The van der Waals surface area contributed by atoms with Crippen LogP contribution < -0.4 is 5.32 Å². The summed E-state index contributed by atoms with van der Waals surface area (Å²) >= 11 is 1.42. The van der Waals surface area contributed by atoms with Gasteiger partial charge in [0.25, 0.3) is 5.91 Å². The topological polar surface area (TPSA) is 42.0 Å². The van der Waals surface area contributed by atoms with E-state index in [1.54, 1.807) is 10.9 Å². The Morgan fingerprint density at radius 1 is 1.33 bits per heavy atom. The summed E-state index contributed by atoms with van der Waals surface area (Å²) in [5, 5.41) is 4.60. The minimum absolute atomic E-state index is 0.121. The van der Waals surface area contributed by atoms with Crippen LogP contribution in [0.1, 0.15) is 41.4 Å². The van der Waals surface area contributed by atoms with Gasteiger partial charge in [-0.15, -0.1) is 11.3 Å². The van der Waals surface area contributed by atoms with Crippen molar-refractivity contribution in [2.45, 2.75) is 26.3 Å². The lowest BCUT2D eigenvalue weighted by Gasteiger charge is -2.07. The lowest BCUT2D eigenvalue weighted by molar-refractivity contribution is 0.0946. The van der Waals surface area contributed by atoms with E-state index in [1.165, 1.54) is 16.9 Å². The van der Waals surface area contributed by atoms with Crippen molar-refractivity contribution in [2.24, 2.45) is 0 Å². The lowest BCUT2D eigenvalue weighted by atomic mass is 10.0. The van der Waals surface area contributed by atoms with Crippen LogP contribution in [0.5, 0.6) is 0 Å². The molecule has 0 saturated carbocycles. The maximum absolute atomic E-state index is 11.7. The third-order valence-electron chi connectivity index (χ3n) is 2.76. The van der Waals surface area contributed by atoms with E-state index < -0.39 is 0 Å². The van der Waals surface area contributed by atoms with E-state index in [0.717, 1.165) is 5.56 Å². The number of carbonyl (C=O) groups excluding carboxylic acids is 1. The summed E-state index contributed by atoms with van der Waals surface area (Å²) in [6.07, 6.45) is 0. The van der Waals surface area contributed by atoms with Crippen LogP contribution in [-0.2, 0) is 6.54 Å². The van der Waals surface area contributed by atoms with Gasteiger partial charge in [-0.3, -0.25) is 4.79 Å². The third-order valence-corrected chi connectivity index (χ3v) is 3.35. The van der Waals surface area contributed by atoms with Crippen molar-refractivity contribution in [3.63, 3.8) is 0 Å². The zero-order valence-corrected chi connectivity index (χ0v) is 11.3. The molecule has 2 aromatic rings. The van der Waals surface area contributed by atoms with Gasteiger partial charge in [0.15, 0.2) is 0 Å². The molecule has 4 heteroatoms. The standard InChI is InChI=1S/C14H16N2OS/c1-10(2)12-5-3-11(4-6-12)7-15-14(17)13-8-18-9-16-13/h3-6,8-10H,7H2,1-2H3,(H,15,17). The second-order valence-corrected chi connectivity index (χ2v) is 5.17. The highest BCUT2D eigenvalue weighted by atomic mass is 32.1. The largest absolute Gasteiger partial charge is 0.347 e. The van der Waals surface area contributed by atoms with Gasteiger partial charge < -0.3 is 5.32 Å². The number of nitrogens with one attached hydrogen (secondary N) is 1. The second kappa shape index (κ2) is 5.78. The van der Waals surface area contributed by atoms with Crippen LogP contribution in [0.2, 0.25) is 0 Å². The smallest absolute Gasteiger partial charge is 0.271 e. The minimum atomic E-state index is -0.121. The Balaban J connectivity index is 1.92. The Kier molecular flexibility index (Phi) is 4.10. The van der Waals surface area contributed by atoms with Gasteiger partial charge in [0.1, 0.15) is 5.69 Å². The molecule has 0 spiro atoms. The molecule has 3 nitrogen and oxygen atoms in total. The van der Waals surface area contributed by atoms with Crippen LogP contribution in [0.3, 0.4) is 0 Å². The number of benzene rings is 1. The predicted molar refractivity (Wildman–Crippen MR) is 73.8 cm³/mol. The highest BCUT2D eigenvalue weighted by molar-refractivity contribution is 7.07. The monoisotopic (exact) mass is 260 g/mol. The van der Waals surface area contributed by atoms with Crippen molar-refractivity contribution in [3.8, 4) is 0 Å². The molecule has 1 heterocycles. The first-order chi connectivity index (χ1) is 8.66. The van der Waals surface area contributed by atoms with E-state index in [2.05, 4.69) is 48.4 Å². The molecule has 0 bridgehead atoms. The van der Waals surface area contributed by atoms with Gasteiger partial charge in [0, 0.05) is 11.9 Å². The van der Waals surface area contributed by atoms with E-state index >= 15 is 0 Å². The molecule has 0 aliphatic heterocycles. The van der Waals surface area contributed by atoms with E-state index in [-0.39, 0.29) is 5.91 Å². The van der Waals surface area contributed by atoms with Crippen molar-refractivity contribution in [2.75, 3.05) is 0 Å². The summed E-state index contributed by atoms with van der Waals surface area (Å²) in [6, 6.07) is 8.32. The predicted octanol–water partition coefficient (Wildman–Crippen LogP) is 3.20. The van der Waals surface area contributed by atoms with Crippen LogP contribution in [-0.4, -0.2) is 10.9 Å². The van der Waals surface area contributed by atoms with Gasteiger partial charge in [0.2, 0.25) is 0 Å². The molecule has 94 valence electrons. The van der Waals surface area contributed by atoms with Crippen molar-refractivity contribution >= 4 is 17.2 Å². The second-order valence-electron chi connectivity index (χ2n) is 4.45. The molecule has 0 aliphatic carbocycles. The average Bonchev–Trinajstić information content (AvgIpc) is 2.90. The van der Waals surface area contributed by atoms with Gasteiger partial charge in [-0.2, -0.15) is 0 Å². The average molecular weight is 260 g/mol. The normalized spacial score (nSPS) is 10.6. The van der Waals surface area contributed by atoms with Crippen molar-refractivity contribution in [1.29, 1.82) is 0 Å². The molecule has 0 fully saturated rings. The van der Waals surface area contributed by atoms with Crippen LogP contribution in [0, 0.1) is 0 Å². The quantitative estimate of drug-likeness (QED) is 0.917. The molecule has 1 aromatic carbocycles. The molecule has 0 saturated heterocycles. The highest BCUT2D eigenvalue weighted by Gasteiger charge is 2.06. The van der Waals surface area contributed by atoms with Crippen molar-refractivity contribution in [1.82, 2.24) is 10.3 Å². The van der Waals surface area contributed by atoms with Crippen molar-refractivity contribution in [3.05, 3.63) is 52.0 Å². The van der Waals surface area contributed by atoms with E-state index in [9.17, 15) is 4.79 Å². The van der Waals surface area contributed by atoms with Crippen LogP contribution in [0.4, 0.5) is 0 Å². The molecule has 0 atom stereocenters. The Labute approximate surface area is 111 Å². The molecule has 2 rings (SSSR count). The SMILES string of the molecule is CC(C)c1ccc(CNC(=O)c2cscn2)cc1. The molecule has 0 aliphatic rings. The summed E-state index contributed by atoms with van der Waals surface area (Å²) in [7, 11) is 0. The number of hydrogen-bond donors (Lipinski definition) is 1. The number of rotatable bonds is 4. The first kappa shape index (κ1) is 12.8. The molecule has 18 heavy (non-hydrogen) atoms. The molecular weight excluding hydrogens is 244 g/mol. The number of carbonyl (C=O) groups is 1. The van der Waals surface area contributed by atoms with Crippen molar-refractivity contribution < 1.29 is 4.79 Å². The fourth-order valence-electron chi connectivity index (χ4n) is 1.62. The van der Waals surface area contributed by atoms with Gasteiger partial charge in [-0.1, -0.05) is 38.1 Å². The zero-order valence-electron chi connectivity index (χ0n) is 10.5. The highest BCUT2D eigenvalue weighted by Crippen LogP contribution is 2.14. The fraction of sp³-hybridized carbons (Fsp3) is 0.286. The molecule has 1 N–H and O–H groups in total. The molecule has 0 unspecified atom stereocenters. The first-order valence-electron chi connectivity index (χ1n) is 5.92. The van der Waals surface area contributed by atoms with E-state index in [0.29, 0.717) is 18.2 Å². The number of nitrogens with zero attached hydrogens (tertiary/aromatic N) is 1. The minimum Gasteiger partial charge on any atom is -0.347 e. The van der Waals surface area contributed by atoms with Gasteiger partial charge in [-0.05, 0) is 17.0 Å². The molecule has 0 radical (unpaired) electrons. The molecule has 1 amide bonds. The van der Waals surface area contributed by atoms with Crippen LogP contribution in [0.25, 0.3) is 0 Å². The lowest BCUT2D eigenvalue weighted by Crippen LogP contribution is -2.22. The Hall–Kier alpha value is -1.68. The summed E-state index contributed by atoms with van der Waals surface area (Å²) in [5.74, 6) is 0.410. The fourth-order valence-corrected chi connectivity index (χ4v) is 2.15. The van der Waals surface area contributed by atoms with E-state index in [1.807, 2.05) is 0 Å². The number of amides is 1. The maximum atomic E-state index is 11.7. The Morgan fingerprint density at radius 2 is 2.06 bits per heavy atom. The Bertz CT molecular complexity index is 503. The zero-order chi connectivity index (χ0) is 13.0. The summed E-state index contributed by atoms with van der Waals surface area (Å²) < 4.78 is 0. The summed E-state index contributed by atoms with van der Waals surface area (Å²) in [4.78, 5) is 15.7. The number of aromatic nitrogens is 1. The van der Waals surface area contributed by atoms with Crippen LogP contribution >= 0.6 is 11.3 Å². The molecular formula is C14H16N2OS. The molecule has 1 aromatic heterocycles.